The summed E-state index contributed by atoms with van der Waals surface area (Å²) in [5.41, 5.74) is 0.968. The predicted molar refractivity (Wildman–Crippen MR) is 144 cm³/mol. The summed E-state index contributed by atoms with van der Waals surface area (Å²) >= 11 is 0. The maximum Gasteiger partial charge on any atom is 0.423 e. The minimum absolute atomic E-state index is 0.0578. The number of carbonyl (C=O) groups is 3. The van der Waals surface area contributed by atoms with Crippen molar-refractivity contribution in [2.75, 3.05) is 0 Å². The minimum atomic E-state index is -5.24. The Morgan fingerprint density at radius 2 is 1.41 bits per heavy atom. The first kappa shape index (κ1) is 37.1. The summed E-state index contributed by atoms with van der Waals surface area (Å²) in [6.45, 7) is 1.34. The van der Waals surface area contributed by atoms with Crippen molar-refractivity contribution in [1.82, 2.24) is 4.67 Å². The van der Waals surface area contributed by atoms with Gasteiger partial charge >= 0.3 is 48.4 Å². The number of allylic oxidation sites excluding steroid dienone is 9. The summed E-state index contributed by atoms with van der Waals surface area (Å²) in [6, 6.07) is -1.11. The number of halogens is 9. The molecule has 2 aliphatic heterocycles. The van der Waals surface area contributed by atoms with Crippen molar-refractivity contribution in [1.29, 1.82) is 0 Å². The highest BCUT2D eigenvalue weighted by molar-refractivity contribution is 6.10. The van der Waals surface area contributed by atoms with Gasteiger partial charge in [-0.1, -0.05) is 10.7 Å². The molecule has 1 atom stereocenters. The van der Waals surface area contributed by atoms with Gasteiger partial charge in [-0.05, 0) is 48.5 Å². The average Bonchev–Trinajstić information content (AvgIpc) is 3.36. The molecule has 0 aromatic rings. The number of quaternary nitrogens is 1. The monoisotopic (exact) mass is 669 g/mol. The smallest absolute Gasteiger partial charge is 0.423 e. The van der Waals surface area contributed by atoms with Crippen molar-refractivity contribution in [3.63, 3.8) is 0 Å². The van der Waals surface area contributed by atoms with Gasteiger partial charge in [-0.2, -0.15) is 39.5 Å². The van der Waals surface area contributed by atoms with E-state index in [1.165, 1.54) is 24.4 Å². The van der Waals surface area contributed by atoms with Gasteiger partial charge in [0.15, 0.2) is 5.70 Å². The molecular formula is C28H24F9N3O6+2. The molecule has 0 aliphatic carbocycles. The summed E-state index contributed by atoms with van der Waals surface area (Å²) in [5.74, 6) is -6.09. The largest absolute Gasteiger partial charge is 0.478 e. The van der Waals surface area contributed by atoms with Crippen LogP contribution in [0.3, 0.4) is 0 Å². The fourth-order valence-electron chi connectivity index (χ4n) is 3.93. The molecule has 9 nitrogen and oxygen atoms in total. The van der Waals surface area contributed by atoms with E-state index >= 15 is 0 Å². The van der Waals surface area contributed by atoms with Gasteiger partial charge in [0, 0.05) is 23.3 Å². The van der Waals surface area contributed by atoms with Crippen molar-refractivity contribution in [3.05, 3.63) is 93.4 Å². The molecule has 1 unspecified atom stereocenters. The molecular weight excluding hydrogens is 645 g/mol. The van der Waals surface area contributed by atoms with Crippen molar-refractivity contribution < 1.29 is 74.5 Å². The fourth-order valence-corrected chi connectivity index (χ4v) is 3.93. The number of alkyl halides is 9. The van der Waals surface area contributed by atoms with E-state index in [4.69, 9.17) is 10.8 Å². The maximum atomic E-state index is 13.1. The van der Waals surface area contributed by atoms with Gasteiger partial charge in [0.25, 0.3) is 0 Å². The standard InChI is InChI=1S/C28H22F9N3O6/c1-2-13(3-16(23(41)42)10-26(29,30)31)6-19(38)20-7-14(4-17(24(43)44)11-27(32,33)34)8-22(40-20)21-9-15(12-39-21)5-18(25(45)46)28(35,36)37/h2-9,12,22,40H,10-11,38H2,1H3,(H2-,41,42,43,44,45,46)/p+2. The van der Waals surface area contributed by atoms with E-state index in [9.17, 15) is 64.1 Å². The van der Waals surface area contributed by atoms with Crippen LogP contribution in [0.25, 0.3) is 0 Å². The zero-order valence-corrected chi connectivity index (χ0v) is 23.3. The Labute approximate surface area is 253 Å². The lowest BCUT2D eigenvalue weighted by Gasteiger charge is -2.16. The summed E-state index contributed by atoms with van der Waals surface area (Å²) < 4.78 is 121. The molecule has 0 fully saturated rings. The molecule has 2 aliphatic rings. The first-order chi connectivity index (χ1) is 21.0. The van der Waals surface area contributed by atoms with Crippen molar-refractivity contribution in [2.24, 2.45) is 5.73 Å². The summed E-state index contributed by atoms with van der Waals surface area (Å²) in [4.78, 5) is 34.0. The number of carboxylic acid groups (broad SMARTS) is 3. The number of rotatable bonds is 11. The summed E-state index contributed by atoms with van der Waals surface area (Å²) in [6.07, 6.45) is -10.6. The van der Waals surface area contributed by atoms with Crippen LogP contribution in [-0.2, 0) is 14.4 Å². The maximum absolute atomic E-state index is 13.1. The molecule has 0 saturated heterocycles. The third-order valence-corrected chi connectivity index (χ3v) is 5.92. The van der Waals surface area contributed by atoms with Crippen molar-refractivity contribution in [2.45, 2.75) is 44.3 Å². The number of hydrogen-bond donors (Lipinski definition) is 5. The van der Waals surface area contributed by atoms with Crippen LogP contribution in [0, 0.1) is 0 Å². The van der Waals surface area contributed by atoms with Crippen LogP contribution in [0.2, 0.25) is 0 Å². The van der Waals surface area contributed by atoms with Crippen LogP contribution in [-0.4, -0.2) is 69.7 Å². The van der Waals surface area contributed by atoms with Crippen LogP contribution in [0.4, 0.5) is 39.5 Å². The minimum Gasteiger partial charge on any atom is -0.478 e. The molecule has 2 heterocycles. The Morgan fingerprint density at radius 1 is 0.848 bits per heavy atom. The zero-order valence-electron chi connectivity index (χ0n) is 23.3. The van der Waals surface area contributed by atoms with Crippen LogP contribution in [0.15, 0.2) is 93.4 Å². The molecule has 18 heteroatoms. The number of nitrogens with two attached hydrogens (primary N) is 2. The first-order valence-corrected chi connectivity index (χ1v) is 12.6. The quantitative estimate of drug-likeness (QED) is 0.0971. The van der Waals surface area contributed by atoms with Gasteiger partial charge in [0.1, 0.15) is 5.57 Å². The lowest BCUT2D eigenvalue weighted by molar-refractivity contribution is -0.614. The molecule has 0 radical (unpaired) electrons. The molecule has 46 heavy (non-hydrogen) atoms. The van der Waals surface area contributed by atoms with Crippen LogP contribution in [0.5, 0.6) is 0 Å². The van der Waals surface area contributed by atoms with Crippen LogP contribution < -0.4 is 15.7 Å². The normalized spacial score (nSPS) is 19.0. The Kier molecular flexibility index (Phi) is 11.6. The van der Waals surface area contributed by atoms with E-state index in [0.717, 1.165) is 24.4 Å². The molecule has 248 valence electrons. The Bertz CT molecular complexity index is 1610. The third-order valence-electron chi connectivity index (χ3n) is 5.92. The fraction of sp³-hybridized carbons (Fsp3) is 0.250. The second kappa shape index (κ2) is 14.3. The Hall–Kier alpha value is -5.09. The lowest BCUT2D eigenvalue weighted by Crippen LogP contribution is -2.90. The lowest BCUT2D eigenvalue weighted by atomic mass is 9.97. The van der Waals surface area contributed by atoms with Gasteiger partial charge < -0.3 is 21.1 Å². The molecule has 0 bridgehead atoms. The first-order valence-electron chi connectivity index (χ1n) is 12.6. The molecule has 7 N–H and O–H groups in total. The zero-order chi connectivity index (χ0) is 35.2. The predicted octanol–water partition coefficient (Wildman–Crippen LogP) is 3.55. The van der Waals surface area contributed by atoms with E-state index < -0.39 is 72.0 Å². The van der Waals surface area contributed by atoms with E-state index in [0.29, 0.717) is 12.2 Å². The van der Waals surface area contributed by atoms with Crippen LogP contribution >= 0.6 is 0 Å². The van der Waals surface area contributed by atoms with Gasteiger partial charge in [-0.15, -0.1) is 0 Å². The highest BCUT2D eigenvalue weighted by atomic mass is 19.4. The van der Waals surface area contributed by atoms with Gasteiger partial charge in [0.05, 0.1) is 24.1 Å². The molecule has 0 saturated carbocycles. The molecule has 0 aromatic heterocycles. The van der Waals surface area contributed by atoms with Crippen molar-refractivity contribution >= 4 is 29.8 Å². The SMILES string of the molecule is CC=C(C=C(N)C1=CC(C=C(CC(F)(F)F)C(=O)O)=CC(C2=[N+]=CC(C=C(C(=O)O)C(F)(F)F)=C2)[NH2+]1)C=C(CC(F)(F)F)C(=O)O. The Morgan fingerprint density at radius 3 is 1.89 bits per heavy atom. The third kappa shape index (κ3) is 11.4. The van der Waals surface area contributed by atoms with Crippen LogP contribution in [0.1, 0.15) is 19.8 Å². The number of carboxylic acids is 3. The van der Waals surface area contributed by atoms with Gasteiger partial charge in [-0.25, -0.2) is 14.4 Å². The highest BCUT2D eigenvalue weighted by Crippen LogP contribution is 2.29. The topological polar surface area (TPSA) is 169 Å². The van der Waals surface area contributed by atoms with Gasteiger partial charge in [-0.3, -0.25) is 5.32 Å². The molecule has 0 spiro atoms. The van der Waals surface area contributed by atoms with E-state index in [2.05, 4.69) is 4.67 Å². The second-order valence-corrected chi connectivity index (χ2v) is 9.57. The molecule has 0 aromatic carbocycles. The Balaban J connectivity index is 2.65. The molecule has 0 amide bonds. The highest BCUT2D eigenvalue weighted by Gasteiger charge is 2.40. The van der Waals surface area contributed by atoms with E-state index in [1.54, 1.807) is 0 Å². The van der Waals surface area contributed by atoms with Gasteiger partial charge in [0.2, 0.25) is 6.04 Å². The van der Waals surface area contributed by atoms with E-state index in [-0.39, 0.29) is 39.9 Å². The summed E-state index contributed by atoms with van der Waals surface area (Å²) in [5, 5.41) is 28.7. The molecule has 2 rings (SSSR count). The number of hydrogen-bond acceptors (Lipinski definition) is 4. The van der Waals surface area contributed by atoms with E-state index in [1.807, 2.05) is 0 Å². The number of aliphatic carboxylic acids is 3. The average molecular weight is 669 g/mol. The van der Waals surface area contributed by atoms with Crippen molar-refractivity contribution in [3.8, 4) is 0 Å². The second-order valence-electron chi connectivity index (χ2n) is 9.57. The number of nitrogens with zero attached hydrogens (tertiary/aromatic N) is 1. The summed E-state index contributed by atoms with van der Waals surface area (Å²) in [7, 11) is 0.